The molecule has 96 valence electrons. The Balaban J connectivity index is 2.29. The van der Waals surface area contributed by atoms with E-state index in [0.29, 0.717) is 16.9 Å². The van der Waals surface area contributed by atoms with Gasteiger partial charge in [-0.2, -0.15) is 5.10 Å². The van der Waals surface area contributed by atoms with Crippen LogP contribution in [0.2, 0.25) is 0 Å². The Morgan fingerprint density at radius 3 is 2.84 bits per heavy atom. The second-order valence-corrected chi connectivity index (χ2v) is 4.15. The third-order valence-corrected chi connectivity index (χ3v) is 2.87. The lowest BCUT2D eigenvalue weighted by molar-refractivity contribution is 0.0698. The van der Waals surface area contributed by atoms with Gasteiger partial charge in [-0.3, -0.25) is 5.10 Å². The molecule has 3 rings (SSSR count). The van der Waals surface area contributed by atoms with Crippen molar-refractivity contribution in [2.45, 2.75) is 6.92 Å². The van der Waals surface area contributed by atoms with Crippen molar-refractivity contribution in [3.8, 4) is 11.4 Å². The minimum atomic E-state index is -1.22. The number of aromatic carboxylic acids is 1. The van der Waals surface area contributed by atoms with Gasteiger partial charge >= 0.3 is 5.97 Å². The van der Waals surface area contributed by atoms with Gasteiger partial charge in [0.1, 0.15) is 17.2 Å². The first-order valence-electron chi connectivity index (χ1n) is 5.49. The lowest BCUT2D eigenvalue weighted by Gasteiger charge is -1.95. The first-order valence-corrected chi connectivity index (χ1v) is 5.49. The average Bonchev–Trinajstić information content (AvgIpc) is 2.93. The summed E-state index contributed by atoms with van der Waals surface area (Å²) in [7, 11) is 0. The van der Waals surface area contributed by atoms with Crippen molar-refractivity contribution in [1.82, 2.24) is 20.2 Å². The van der Waals surface area contributed by atoms with Gasteiger partial charge in [0.15, 0.2) is 0 Å². The number of nitrogens with one attached hydrogen (secondary N) is 2. The largest absolute Gasteiger partial charge is 0.478 e. The number of fused-ring (bicyclic) bond motifs is 1. The monoisotopic (exact) mass is 260 g/mol. The SMILES string of the molecule is Cc1[nH]ncc1-c1nc2c(C(=O)O)cc(F)cc2[nH]1. The highest BCUT2D eigenvalue weighted by Crippen LogP contribution is 2.25. The molecule has 2 aromatic heterocycles. The summed E-state index contributed by atoms with van der Waals surface area (Å²) in [4.78, 5) is 18.2. The van der Waals surface area contributed by atoms with Crippen molar-refractivity contribution in [2.75, 3.05) is 0 Å². The molecule has 0 spiro atoms. The first-order chi connectivity index (χ1) is 9.06. The lowest BCUT2D eigenvalue weighted by Crippen LogP contribution is -1.98. The van der Waals surface area contributed by atoms with Gasteiger partial charge in [-0.1, -0.05) is 0 Å². The highest BCUT2D eigenvalue weighted by molar-refractivity contribution is 6.01. The van der Waals surface area contributed by atoms with Crippen molar-refractivity contribution < 1.29 is 14.3 Å². The third kappa shape index (κ3) is 1.75. The number of carboxylic acids is 1. The highest BCUT2D eigenvalue weighted by Gasteiger charge is 2.16. The van der Waals surface area contributed by atoms with Crippen LogP contribution in [0.5, 0.6) is 0 Å². The Labute approximate surface area is 106 Å². The maximum Gasteiger partial charge on any atom is 0.338 e. The molecule has 0 bridgehead atoms. The molecule has 19 heavy (non-hydrogen) atoms. The maximum absolute atomic E-state index is 13.4. The molecule has 7 heteroatoms. The second kappa shape index (κ2) is 3.91. The van der Waals surface area contributed by atoms with E-state index < -0.39 is 11.8 Å². The third-order valence-electron chi connectivity index (χ3n) is 2.87. The van der Waals surface area contributed by atoms with Crippen molar-refractivity contribution in [1.29, 1.82) is 0 Å². The number of nitrogens with zero attached hydrogens (tertiary/aromatic N) is 2. The predicted molar refractivity (Wildman–Crippen MR) is 65.3 cm³/mol. The van der Waals surface area contributed by atoms with E-state index in [-0.39, 0.29) is 11.1 Å². The molecule has 6 nitrogen and oxygen atoms in total. The molecule has 0 radical (unpaired) electrons. The molecular weight excluding hydrogens is 251 g/mol. The summed E-state index contributed by atoms with van der Waals surface area (Å²) in [5.74, 6) is -1.38. The van der Waals surface area contributed by atoms with Gasteiger partial charge in [-0.05, 0) is 19.1 Å². The minimum absolute atomic E-state index is 0.168. The Bertz CT molecular complexity index is 790. The van der Waals surface area contributed by atoms with E-state index in [4.69, 9.17) is 5.11 Å². The summed E-state index contributed by atoms with van der Waals surface area (Å²) in [5.41, 5.74) is 1.90. The number of imidazole rings is 1. The van der Waals surface area contributed by atoms with Gasteiger partial charge in [-0.25, -0.2) is 14.2 Å². The molecule has 0 aliphatic carbocycles. The molecule has 2 heterocycles. The molecule has 0 unspecified atom stereocenters. The number of benzene rings is 1. The number of hydrogen-bond acceptors (Lipinski definition) is 3. The van der Waals surface area contributed by atoms with Crippen LogP contribution in [0, 0.1) is 12.7 Å². The van der Waals surface area contributed by atoms with Crippen molar-refractivity contribution in [3.63, 3.8) is 0 Å². The van der Waals surface area contributed by atoms with Gasteiger partial charge in [0, 0.05) is 5.69 Å². The molecule has 0 aliphatic heterocycles. The quantitative estimate of drug-likeness (QED) is 0.657. The van der Waals surface area contributed by atoms with Crippen LogP contribution in [0.1, 0.15) is 16.1 Å². The van der Waals surface area contributed by atoms with Crippen molar-refractivity contribution in [2.24, 2.45) is 0 Å². The molecule has 0 fully saturated rings. The Hall–Kier alpha value is -2.70. The van der Waals surface area contributed by atoms with E-state index in [9.17, 15) is 9.18 Å². The number of H-pyrrole nitrogens is 2. The van der Waals surface area contributed by atoms with Crippen LogP contribution in [-0.2, 0) is 0 Å². The normalized spacial score (nSPS) is 11.1. The number of rotatable bonds is 2. The molecule has 0 saturated carbocycles. The predicted octanol–water partition coefficient (Wildman–Crippen LogP) is 2.10. The molecule has 3 N–H and O–H groups in total. The number of carboxylic acid groups (broad SMARTS) is 1. The summed E-state index contributed by atoms with van der Waals surface area (Å²) >= 11 is 0. The highest BCUT2D eigenvalue weighted by atomic mass is 19.1. The first kappa shape index (κ1) is 11.4. The van der Waals surface area contributed by atoms with Crippen LogP contribution in [-0.4, -0.2) is 31.2 Å². The topological polar surface area (TPSA) is 94.7 Å². The zero-order valence-corrected chi connectivity index (χ0v) is 9.86. The van der Waals surface area contributed by atoms with E-state index >= 15 is 0 Å². The number of aromatic nitrogens is 4. The maximum atomic E-state index is 13.4. The molecule has 0 atom stereocenters. The van der Waals surface area contributed by atoms with Gasteiger partial charge in [-0.15, -0.1) is 0 Å². The zero-order valence-electron chi connectivity index (χ0n) is 9.86. The van der Waals surface area contributed by atoms with Crippen LogP contribution in [0.4, 0.5) is 4.39 Å². The van der Waals surface area contributed by atoms with Gasteiger partial charge in [0.25, 0.3) is 0 Å². The van der Waals surface area contributed by atoms with Crippen molar-refractivity contribution in [3.05, 3.63) is 35.4 Å². The lowest BCUT2D eigenvalue weighted by atomic mass is 10.2. The molecule has 0 aliphatic rings. The van der Waals surface area contributed by atoms with Crippen LogP contribution in [0.15, 0.2) is 18.3 Å². The summed E-state index contributed by atoms with van der Waals surface area (Å²) in [6.07, 6.45) is 1.57. The molecule has 0 saturated heterocycles. The number of halogens is 1. The van der Waals surface area contributed by atoms with Gasteiger partial charge in [0.05, 0.1) is 22.8 Å². The fourth-order valence-electron chi connectivity index (χ4n) is 1.96. The fraction of sp³-hybridized carbons (Fsp3) is 0.0833. The molecule has 3 aromatic rings. The van der Waals surface area contributed by atoms with Gasteiger partial charge < -0.3 is 10.1 Å². The smallest absolute Gasteiger partial charge is 0.338 e. The molecule has 0 amide bonds. The summed E-state index contributed by atoms with van der Waals surface area (Å²) in [6.45, 7) is 1.81. The van der Waals surface area contributed by atoms with E-state index in [0.717, 1.165) is 11.8 Å². The fourth-order valence-corrected chi connectivity index (χ4v) is 1.96. The summed E-state index contributed by atoms with van der Waals surface area (Å²) < 4.78 is 13.4. The van der Waals surface area contributed by atoms with E-state index in [2.05, 4.69) is 20.2 Å². The van der Waals surface area contributed by atoms with E-state index in [1.807, 2.05) is 6.92 Å². The van der Waals surface area contributed by atoms with Crippen LogP contribution in [0.3, 0.4) is 0 Å². The van der Waals surface area contributed by atoms with Crippen molar-refractivity contribution >= 4 is 17.0 Å². The van der Waals surface area contributed by atoms with Crippen LogP contribution >= 0.6 is 0 Å². The van der Waals surface area contributed by atoms with Crippen LogP contribution < -0.4 is 0 Å². The van der Waals surface area contributed by atoms with E-state index in [1.54, 1.807) is 6.20 Å². The van der Waals surface area contributed by atoms with Crippen LogP contribution in [0.25, 0.3) is 22.4 Å². The zero-order chi connectivity index (χ0) is 13.6. The number of aryl methyl sites for hydroxylation is 1. The number of carbonyl (C=O) groups is 1. The minimum Gasteiger partial charge on any atom is -0.478 e. The summed E-state index contributed by atoms with van der Waals surface area (Å²) in [6, 6.07) is 2.17. The number of aromatic amines is 2. The average molecular weight is 260 g/mol. The second-order valence-electron chi connectivity index (χ2n) is 4.15. The number of hydrogen-bond donors (Lipinski definition) is 3. The molecular formula is C12H9FN4O2. The standard InChI is InChI=1S/C12H9FN4O2/c1-5-8(4-14-17-5)11-15-9-3-6(13)2-7(12(18)19)10(9)16-11/h2-4H,1H3,(H,14,17)(H,15,16)(H,18,19). The Morgan fingerprint density at radius 1 is 1.42 bits per heavy atom. The Morgan fingerprint density at radius 2 is 2.21 bits per heavy atom. The van der Waals surface area contributed by atoms with Gasteiger partial charge in [0.2, 0.25) is 0 Å². The van der Waals surface area contributed by atoms with E-state index in [1.165, 1.54) is 6.07 Å². The molecule has 1 aromatic carbocycles. The Kier molecular flexibility index (Phi) is 2.34. The summed E-state index contributed by atoms with van der Waals surface area (Å²) in [5, 5.41) is 15.7.